The Morgan fingerprint density at radius 3 is 1.12 bits per heavy atom. The molecule has 0 bridgehead atoms. The van der Waals surface area contributed by atoms with Crippen molar-refractivity contribution < 1.29 is 19.2 Å². The first-order valence-corrected chi connectivity index (χ1v) is 50.1. The van der Waals surface area contributed by atoms with Crippen LogP contribution in [0, 0.1) is 32.6 Å². The van der Waals surface area contributed by atoms with Crippen LogP contribution < -0.4 is 0 Å². The van der Waals surface area contributed by atoms with E-state index in [-0.39, 0.29) is 36.0 Å². The van der Waals surface area contributed by atoms with Gasteiger partial charge in [-0.2, -0.15) is 0 Å². The van der Waals surface area contributed by atoms with Crippen LogP contribution in [0.15, 0.2) is 184 Å². The molecule has 12 heterocycles. The highest BCUT2D eigenvalue weighted by Gasteiger charge is 2.40. The molecule has 20 rings (SSSR count). The van der Waals surface area contributed by atoms with E-state index < -0.39 is 0 Å². The quantitative estimate of drug-likeness (QED) is 0.113. The Hall–Kier alpha value is -8.56. The highest BCUT2D eigenvalue weighted by molar-refractivity contribution is 9.11. The maximum absolute atomic E-state index is 13.1. The molecule has 20 nitrogen and oxygen atoms in total. The van der Waals surface area contributed by atoms with E-state index in [1.54, 1.807) is 24.8 Å². The summed E-state index contributed by atoms with van der Waals surface area (Å²) in [6.45, 7) is 23.9. The number of nitrogens with zero attached hydrogens (tertiary/aromatic N) is 16. The molecule has 25 heteroatoms. The van der Waals surface area contributed by atoms with Gasteiger partial charge in [0.15, 0.2) is 0 Å². The number of hydrogen-bond acceptors (Lipinski definition) is 16. The minimum atomic E-state index is 0.0670. The number of aryl methyl sites for hydroxylation is 10. The Kier molecular flexibility index (Phi) is 31.0. The van der Waals surface area contributed by atoms with Crippen molar-refractivity contribution in [1.29, 1.82) is 0 Å². The van der Waals surface area contributed by atoms with Crippen LogP contribution >= 0.6 is 71.0 Å². The monoisotopic (exact) mass is 1980 g/mol. The van der Waals surface area contributed by atoms with Gasteiger partial charge in [-0.25, -0.2) is 0 Å². The van der Waals surface area contributed by atoms with Crippen molar-refractivity contribution in [3.8, 4) is 0 Å². The molecule has 0 saturated carbocycles. The molecule has 6 saturated heterocycles. The van der Waals surface area contributed by atoms with Gasteiger partial charge >= 0.3 is 0 Å². The number of fused-ring (bicyclic) bond motifs is 8. The highest BCUT2D eigenvalue weighted by atomic mass is 79.9. The van der Waals surface area contributed by atoms with Crippen LogP contribution in [-0.2, 0) is 83.4 Å². The Labute approximate surface area is 802 Å². The lowest BCUT2D eigenvalue weighted by Crippen LogP contribution is -2.50. The number of carbonyl (C=O) groups excluding carboxylic acids is 4. The fourth-order valence-corrected chi connectivity index (χ4v) is 23.2. The summed E-state index contributed by atoms with van der Waals surface area (Å²) in [6, 6.07) is 43.5. The van der Waals surface area contributed by atoms with E-state index in [1.807, 2.05) is 71.0 Å². The summed E-state index contributed by atoms with van der Waals surface area (Å²) in [6.07, 6.45) is 29.4. The molecule has 6 aliphatic heterocycles. The number of hydrogen-bond donors (Lipinski definition) is 0. The summed E-state index contributed by atoms with van der Waals surface area (Å²) < 4.78 is 3.10. The van der Waals surface area contributed by atoms with E-state index in [2.05, 4.69) is 217 Å². The van der Waals surface area contributed by atoms with Crippen molar-refractivity contribution >= 4 is 94.6 Å². The van der Waals surface area contributed by atoms with Gasteiger partial charge in [0.2, 0.25) is 23.6 Å². The SMILES string of the molecule is CN1CCC(CC(=O)N2CCN(C3c4ccc(Cl)cc4CCc4cc(Br)cnc43)CC2)CC1.Cc1ccc2c(c1)CCc1c(Cl)ccnc1C2N1CCN(C(=O)Cc2cccnc2)CC1.Cc1ccc2c(c1)CCc1cc(Br)cnc1C2N1CCN(C(=O)CC2CCCN(C)C2)CC1.Cc1ccc2c(c1)CCc1cc(Br)cnc1C2N1CCN(C(=O)Cc2cccnc2)CC1. The van der Waals surface area contributed by atoms with Gasteiger partial charge in [0.05, 0.1) is 59.8 Å². The average molecular weight is 1980 g/mol. The molecule has 5 atom stereocenters. The van der Waals surface area contributed by atoms with Crippen LogP contribution in [0.4, 0.5) is 0 Å². The molecule has 6 aromatic heterocycles. The lowest BCUT2D eigenvalue weighted by atomic mass is 9.93. The standard InChI is InChI=1S/C27H35BrN4O.C26H32BrClN4O.C26H27BrN4O.C26H27ClN4O/c1-19-5-8-24-21(14-19)6-7-22-16-23(28)17-29-26(22)27(24)32-12-10-31(11-13-32)25(33)15-20-4-3-9-30(2)18-20;1-30-8-6-18(7-9-30)14-24(33)31-10-12-32(13-11-31)26-23-5-4-22(28)16-19(23)2-3-20-15-21(27)17-29-25(20)26;1-18-4-7-23-20(13-18)5-6-21-15-22(27)17-29-25(21)26(23)31-11-9-30(10-12-31)24(32)14-19-3-2-8-28-16-19;1-18-4-6-21-20(15-18)5-7-22-23(27)8-10-29-25(22)26(21)31-13-11-30(12-14-31)24(32)16-19-3-2-9-28-17-19/h5,8,14,16-17,20,27H,3-4,6-7,9-13,15,18H2,1-2H3;4-5,15-18,26H,2-3,6-14H2,1H3;2-4,7-8,13,15-17,26H,5-6,9-12,14H2,1H3;2-4,6,8-10,15,17,26H,5,7,11-14,16H2,1H3. The summed E-state index contributed by atoms with van der Waals surface area (Å²) in [7, 11) is 4.34. The lowest BCUT2D eigenvalue weighted by molar-refractivity contribution is -0.135. The molecule has 130 heavy (non-hydrogen) atoms. The number of piperazine rings is 4. The van der Waals surface area contributed by atoms with Crippen LogP contribution in [0.5, 0.6) is 0 Å². The number of piperidine rings is 2. The van der Waals surface area contributed by atoms with E-state index >= 15 is 0 Å². The number of halogens is 5. The second-order valence-electron chi connectivity index (χ2n) is 37.5. The summed E-state index contributed by atoms with van der Waals surface area (Å²) in [5.41, 5.74) is 26.4. The van der Waals surface area contributed by atoms with Crippen LogP contribution in [0.2, 0.25) is 10.0 Å². The summed E-state index contributed by atoms with van der Waals surface area (Å²) >= 11 is 23.8. The van der Waals surface area contributed by atoms with Gasteiger partial charge in [-0.05, 0) is 318 Å². The number of likely N-dealkylation sites (tertiary alicyclic amines) is 2. The molecule has 4 aromatic carbocycles. The van der Waals surface area contributed by atoms with Gasteiger partial charge < -0.3 is 29.4 Å². The van der Waals surface area contributed by atoms with Crippen molar-refractivity contribution in [2.75, 3.05) is 145 Å². The van der Waals surface area contributed by atoms with Crippen molar-refractivity contribution in [2.24, 2.45) is 11.8 Å². The number of carbonyl (C=O) groups is 4. The Bertz CT molecular complexity index is 5500. The molecule has 4 amide bonds. The minimum absolute atomic E-state index is 0.0670. The molecule has 0 N–H and O–H groups in total. The third-order valence-corrected chi connectivity index (χ3v) is 30.4. The topological polar surface area (TPSA) is 178 Å². The van der Waals surface area contributed by atoms with Gasteiger partial charge in [-0.15, -0.1) is 0 Å². The second-order valence-corrected chi connectivity index (χ2v) is 41.1. The van der Waals surface area contributed by atoms with Crippen molar-refractivity contribution in [3.63, 3.8) is 0 Å². The molecule has 680 valence electrons. The summed E-state index contributed by atoms with van der Waals surface area (Å²) in [5.74, 6) is 2.07. The molecular formula is C105H121Br3Cl2N16O4. The van der Waals surface area contributed by atoms with Gasteiger partial charge in [-0.3, -0.25) is 68.7 Å². The summed E-state index contributed by atoms with van der Waals surface area (Å²) in [4.78, 5) is 102. The predicted octanol–water partition coefficient (Wildman–Crippen LogP) is 16.9. The fraction of sp³-hybridized carbons (Fsp3) is 0.448. The van der Waals surface area contributed by atoms with E-state index in [1.165, 1.54) is 96.4 Å². The maximum atomic E-state index is 13.1. The Morgan fingerprint density at radius 1 is 0.354 bits per heavy atom. The molecule has 6 fully saturated rings. The Balaban J connectivity index is 0.000000121. The van der Waals surface area contributed by atoms with E-state index in [9.17, 15) is 19.2 Å². The van der Waals surface area contributed by atoms with Gasteiger partial charge in [-0.1, -0.05) is 113 Å². The van der Waals surface area contributed by atoms with Gasteiger partial charge in [0.25, 0.3) is 0 Å². The maximum Gasteiger partial charge on any atom is 0.227 e. The minimum Gasteiger partial charge on any atom is -0.340 e. The van der Waals surface area contributed by atoms with E-state index in [0.29, 0.717) is 62.4 Å². The first kappa shape index (κ1) is 93.3. The highest BCUT2D eigenvalue weighted by Crippen LogP contribution is 2.44. The zero-order chi connectivity index (χ0) is 90.1. The number of pyridine rings is 6. The van der Waals surface area contributed by atoms with Crippen LogP contribution in [0.3, 0.4) is 0 Å². The zero-order valence-corrected chi connectivity index (χ0v) is 82.0. The van der Waals surface area contributed by atoms with Crippen molar-refractivity contribution in [1.82, 2.24) is 78.9 Å². The van der Waals surface area contributed by atoms with Gasteiger partial charge in [0.1, 0.15) is 0 Å². The normalized spacial score (nSPS) is 21.0. The van der Waals surface area contributed by atoms with Crippen molar-refractivity contribution in [3.05, 3.63) is 312 Å². The number of benzene rings is 4. The molecule has 10 aliphatic rings. The average Bonchev–Trinajstić information content (AvgIpc) is 1.52. The number of aromatic nitrogens is 6. The second kappa shape index (κ2) is 43.2. The van der Waals surface area contributed by atoms with Gasteiger partial charge in [0, 0.05) is 197 Å². The molecule has 5 unspecified atom stereocenters. The van der Waals surface area contributed by atoms with Crippen LogP contribution in [0.1, 0.15) is 180 Å². The smallest absolute Gasteiger partial charge is 0.227 e. The van der Waals surface area contributed by atoms with E-state index in [0.717, 1.165) is 239 Å². The third-order valence-electron chi connectivity index (χ3n) is 28.6. The first-order valence-electron chi connectivity index (χ1n) is 47.0. The molecule has 10 aromatic rings. The molecule has 0 spiro atoms. The fourth-order valence-electron chi connectivity index (χ4n) is 21.6. The third kappa shape index (κ3) is 22.6. The zero-order valence-electron chi connectivity index (χ0n) is 75.8. The molecule has 0 radical (unpaired) electrons. The molecule has 4 aliphatic carbocycles. The van der Waals surface area contributed by atoms with Crippen LogP contribution in [-0.4, -0.2) is 248 Å². The first-order chi connectivity index (χ1) is 63.1. The molecular weight excluding hydrogens is 1860 g/mol. The Morgan fingerprint density at radius 2 is 0.723 bits per heavy atom. The van der Waals surface area contributed by atoms with E-state index in [4.69, 9.17) is 43.1 Å². The number of rotatable bonds is 12. The predicted molar refractivity (Wildman–Crippen MR) is 525 cm³/mol. The summed E-state index contributed by atoms with van der Waals surface area (Å²) in [5, 5.41) is 1.59. The largest absolute Gasteiger partial charge is 0.340 e. The van der Waals surface area contributed by atoms with Crippen molar-refractivity contribution in [2.45, 2.75) is 148 Å². The van der Waals surface area contributed by atoms with Crippen LogP contribution in [0.25, 0.3) is 0 Å². The number of amides is 4. The lowest BCUT2D eigenvalue weighted by Gasteiger charge is -2.40.